The third kappa shape index (κ3) is 3.22. The van der Waals surface area contributed by atoms with E-state index in [1.54, 1.807) is 14.1 Å². The predicted octanol–water partition coefficient (Wildman–Crippen LogP) is -1.26. The third-order valence-corrected chi connectivity index (χ3v) is 3.92. The average molecular weight is 207 g/mol. The molecule has 1 N–H and O–H groups in total. The van der Waals surface area contributed by atoms with Gasteiger partial charge in [-0.05, 0) is 0 Å². The quantitative estimate of drug-likeness (QED) is 0.628. The number of piperazine rings is 1. The summed E-state index contributed by atoms with van der Waals surface area (Å²) in [6.07, 6.45) is 0. The summed E-state index contributed by atoms with van der Waals surface area (Å²) < 4.78 is 24.2. The molecule has 0 atom stereocenters. The average Bonchev–Trinajstić information content (AvgIpc) is 2.05. The van der Waals surface area contributed by atoms with Crippen LogP contribution in [-0.2, 0) is 10.0 Å². The Hall–Kier alpha value is -0.170. The first-order valence-corrected chi connectivity index (χ1v) is 5.96. The molecular weight excluding hydrogens is 190 g/mol. The fourth-order valence-electron chi connectivity index (χ4n) is 1.19. The lowest BCUT2D eigenvalue weighted by molar-refractivity contribution is 0.270. The molecule has 0 radical (unpaired) electrons. The van der Waals surface area contributed by atoms with E-state index in [1.807, 2.05) is 4.90 Å². The maximum absolute atomic E-state index is 11.5. The van der Waals surface area contributed by atoms with Crippen molar-refractivity contribution in [1.82, 2.24) is 14.5 Å². The van der Waals surface area contributed by atoms with E-state index in [0.29, 0.717) is 0 Å². The van der Waals surface area contributed by atoms with Gasteiger partial charge in [0.1, 0.15) is 5.88 Å². The van der Waals surface area contributed by atoms with Crippen molar-refractivity contribution in [1.29, 1.82) is 0 Å². The molecule has 78 valence electrons. The number of nitrogens with zero attached hydrogens (tertiary/aromatic N) is 2. The summed E-state index contributed by atoms with van der Waals surface area (Å²) in [7, 11) is 0.0676. The molecule has 0 aliphatic carbocycles. The van der Waals surface area contributed by atoms with Crippen LogP contribution in [0.2, 0.25) is 0 Å². The van der Waals surface area contributed by atoms with Crippen LogP contribution >= 0.6 is 0 Å². The van der Waals surface area contributed by atoms with E-state index in [9.17, 15) is 8.42 Å². The summed E-state index contributed by atoms with van der Waals surface area (Å²) in [6, 6.07) is 0. The number of hydrogen-bond donors (Lipinski definition) is 1. The van der Waals surface area contributed by atoms with Gasteiger partial charge in [0.2, 0.25) is 10.0 Å². The Kier molecular flexibility index (Phi) is 3.66. The summed E-state index contributed by atoms with van der Waals surface area (Å²) >= 11 is 0. The van der Waals surface area contributed by atoms with Crippen LogP contribution in [0, 0.1) is 0 Å². The summed E-state index contributed by atoms with van der Waals surface area (Å²) in [5.74, 6) is 0.141. The third-order valence-electron chi connectivity index (χ3n) is 2.11. The maximum atomic E-state index is 11.5. The van der Waals surface area contributed by atoms with Crippen molar-refractivity contribution >= 4 is 10.0 Å². The van der Waals surface area contributed by atoms with E-state index in [1.165, 1.54) is 4.31 Å². The fourth-order valence-corrected chi connectivity index (χ4v) is 2.14. The minimum absolute atomic E-state index is 0.141. The number of hydrogen-bond acceptors (Lipinski definition) is 4. The molecule has 1 aliphatic rings. The van der Waals surface area contributed by atoms with E-state index < -0.39 is 10.0 Å². The zero-order valence-corrected chi connectivity index (χ0v) is 8.97. The lowest BCUT2D eigenvalue weighted by Crippen LogP contribution is -2.47. The van der Waals surface area contributed by atoms with Gasteiger partial charge in [0, 0.05) is 40.3 Å². The summed E-state index contributed by atoms with van der Waals surface area (Å²) in [4.78, 5) is 1.95. The van der Waals surface area contributed by atoms with Gasteiger partial charge in [-0.1, -0.05) is 0 Å². The molecule has 0 aromatic rings. The van der Waals surface area contributed by atoms with Gasteiger partial charge in [-0.25, -0.2) is 12.7 Å². The minimum atomic E-state index is -3.07. The molecule has 1 rings (SSSR count). The summed E-state index contributed by atoms with van der Waals surface area (Å²) in [5, 5.41) is 3.18. The lowest BCUT2D eigenvalue weighted by atomic mass is 10.4. The zero-order valence-electron chi connectivity index (χ0n) is 8.15. The molecule has 0 bridgehead atoms. The van der Waals surface area contributed by atoms with Crippen molar-refractivity contribution in [2.45, 2.75) is 0 Å². The first kappa shape index (κ1) is 10.9. The summed E-state index contributed by atoms with van der Waals surface area (Å²) in [5.41, 5.74) is 0. The first-order valence-electron chi connectivity index (χ1n) is 4.35. The molecule has 0 saturated carbocycles. The highest BCUT2D eigenvalue weighted by Crippen LogP contribution is 2.00. The lowest BCUT2D eigenvalue weighted by Gasteiger charge is -2.27. The smallest absolute Gasteiger partial charge is 0.226 e. The van der Waals surface area contributed by atoms with E-state index in [-0.39, 0.29) is 5.88 Å². The molecular formula is C7H17N3O2S. The van der Waals surface area contributed by atoms with E-state index in [0.717, 1.165) is 26.2 Å². The van der Waals surface area contributed by atoms with Gasteiger partial charge in [-0.2, -0.15) is 0 Å². The Bertz CT molecular complexity index is 244. The fraction of sp³-hybridized carbons (Fsp3) is 1.00. The van der Waals surface area contributed by atoms with Crippen molar-refractivity contribution in [3.8, 4) is 0 Å². The number of sulfonamides is 1. The molecule has 5 nitrogen and oxygen atoms in total. The van der Waals surface area contributed by atoms with E-state index >= 15 is 0 Å². The molecule has 0 unspecified atom stereocenters. The van der Waals surface area contributed by atoms with E-state index in [2.05, 4.69) is 5.32 Å². The summed E-state index contributed by atoms with van der Waals surface area (Å²) in [6.45, 7) is 3.38. The highest BCUT2D eigenvalue weighted by molar-refractivity contribution is 7.88. The molecule has 1 aliphatic heterocycles. The molecule has 0 aromatic heterocycles. The molecule has 1 heterocycles. The SMILES string of the molecule is CN(C)S(=O)(=O)CN1CCNCC1. The van der Waals surface area contributed by atoms with Gasteiger partial charge in [-0.15, -0.1) is 0 Å². The molecule has 6 heteroatoms. The van der Waals surface area contributed by atoms with Crippen LogP contribution < -0.4 is 5.32 Å². The van der Waals surface area contributed by atoms with Crippen LogP contribution in [0.3, 0.4) is 0 Å². The van der Waals surface area contributed by atoms with Crippen LogP contribution in [0.1, 0.15) is 0 Å². The van der Waals surface area contributed by atoms with Crippen molar-refractivity contribution in [2.24, 2.45) is 0 Å². The Morgan fingerprint density at radius 3 is 2.31 bits per heavy atom. The number of nitrogens with one attached hydrogen (secondary N) is 1. The topological polar surface area (TPSA) is 52.7 Å². The largest absolute Gasteiger partial charge is 0.314 e. The second kappa shape index (κ2) is 4.36. The van der Waals surface area contributed by atoms with Crippen molar-refractivity contribution in [3.63, 3.8) is 0 Å². The standard InChI is InChI=1S/C7H17N3O2S/c1-9(2)13(11,12)7-10-5-3-8-4-6-10/h8H,3-7H2,1-2H3. The molecule has 0 amide bonds. The second-order valence-electron chi connectivity index (χ2n) is 3.39. The first-order chi connectivity index (χ1) is 6.02. The highest BCUT2D eigenvalue weighted by Gasteiger charge is 2.19. The van der Waals surface area contributed by atoms with E-state index in [4.69, 9.17) is 0 Å². The predicted molar refractivity (Wildman–Crippen MR) is 51.9 cm³/mol. The Labute approximate surface area is 79.8 Å². The van der Waals surface area contributed by atoms with Crippen molar-refractivity contribution < 1.29 is 8.42 Å². The highest BCUT2D eigenvalue weighted by atomic mass is 32.2. The molecule has 0 spiro atoms. The van der Waals surface area contributed by atoms with Gasteiger partial charge in [0.05, 0.1) is 0 Å². The maximum Gasteiger partial charge on any atom is 0.226 e. The van der Waals surface area contributed by atoms with Gasteiger partial charge in [-0.3, -0.25) is 4.90 Å². The Balaban J connectivity index is 2.47. The molecule has 1 saturated heterocycles. The van der Waals surface area contributed by atoms with Crippen LogP contribution in [-0.4, -0.2) is 63.8 Å². The monoisotopic (exact) mass is 207 g/mol. The zero-order chi connectivity index (χ0) is 9.90. The van der Waals surface area contributed by atoms with Gasteiger partial charge >= 0.3 is 0 Å². The second-order valence-corrected chi connectivity index (χ2v) is 5.54. The molecule has 1 fully saturated rings. The molecule has 0 aromatic carbocycles. The van der Waals surface area contributed by atoms with Gasteiger partial charge < -0.3 is 5.32 Å². The Morgan fingerprint density at radius 1 is 1.31 bits per heavy atom. The van der Waals surface area contributed by atoms with Crippen LogP contribution in [0.25, 0.3) is 0 Å². The normalized spacial score (nSPS) is 20.8. The minimum Gasteiger partial charge on any atom is -0.314 e. The van der Waals surface area contributed by atoms with Gasteiger partial charge in [0.25, 0.3) is 0 Å². The van der Waals surface area contributed by atoms with Crippen molar-refractivity contribution in [3.05, 3.63) is 0 Å². The van der Waals surface area contributed by atoms with Crippen LogP contribution in [0.5, 0.6) is 0 Å². The number of rotatable bonds is 3. The van der Waals surface area contributed by atoms with Crippen LogP contribution in [0.15, 0.2) is 0 Å². The van der Waals surface area contributed by atoms with Crippen LogP contribution in [0.4, 0.5) is 0 Å². The van der Waals surface area contributed by atoms with Gasteiger partial charge in [0.15, 0.2) is 0 Å². The van der Waals surface area contributed by atoms with Crippen molar-refractivity contribution in [2.75, 3.05) is 46.2 Å². The Morgan fingerprint density at radius 2 is 1.85 bits per heavy atom. The molecule has 13 heavy (non-hydrogen) atoms.